The second kappa shape index (κ2) is 7.10. The molecule has 3 aliphatic rings. The molecule has 0 aromatic heterocycles. The zero-order valence-electron chi connectivity index (χ0n) is 16.3. The van der Waals surface area contributed by atoms with Gasteiger partial charge in [-0.2, -0.15) is 0 Å². The van der Waals surface area contributed by atoms with Gasteiger partial charge < -0.3 is 5.32 Å². The summed E-state index contributed by atoms with van der Waals surface area (Å²) in [6.45, 7) is 4.94. The number of carbonyl (C=O) groups excluding carboxylic acids is 2. The Hall–Kier alpha value is -2.17. The average molecular weight is 367 g/mol. The van der Waals surface area contributed by atoms with E-state index in [9.17, 15) is 9.59 Å². The van der Waals surface area contributed by atoms with Gasteiger partial charge in [-0.1, -0.05) is 24.6 Å². The number of nitrogens with one attached hydrogen (secondary N) is 1. The topological polar surface area (TPSA) is 61.8 Å². The SMILES string of the molecule is CCC1=NC2(CCC(C(=O)Nc3ccc(C)cc3)CC2)C(=O)N1CC1CC1. The monoisotopic (exact) mass is 367 g/mol. The first-order valence-electron chi connectivity index (χ1n) is 10.3. The van der Waals surface area contributed by atoms with Crippen LogP contribution < -0.4 is 5.32 Å². The first kappa shape index (κ1) is 18.2. The van der Waals surface area contributed by atoms with Gasteiger partial charge in [-0.3, -0.25) is 19.5 Å². The molecule has 1 N–H and O–H groups in total. The summed E-state index contributed by atoms with van der Waals surface area (Å²) >= 11 is 0. The van der Waals surface area contributed by atoms with Gasteiger partial charge in [0, 0.05) is 24.6 Å². The summed E-state index contributed by atoms with van der Waals surface area (Å²) in [5.74, 6) is 1.83. The molecule has 2 amide bonds. The van der Waals surface area contributed by atoms with Crippen molar-refractivity contribution in [1.29, 1.82) is 0 Å². The van der Waals surface area contributed by atoms with Crippen LogP contribution in [0.25, 0.3) is 0 Å². The molecule has 144 valence electrons. The Labute approximate surface area is 161 Å². The quantitative estimate of drug-likeness (QED) is 0.857. The molecule has 1 spiro atoms. The van der Waals surface area contributed by atoms with Crippen LogP contribution in [0.1, 0.15) is 57.4 Å². The Kier molecular flexibility index (Phi) is 4.79. The third kappa shape index (κ3) is 3.64. The van der Waals surface area contributed by atoms with Crippen molar-refractivity contribution in [2.24, 2.45) is 16.8 Å². The van der Waals surface area contributed by atoms with E-state index in [4.69, 9.17) is 4.99 Å². The Bertz CT molecular complexity index is 756. The van der Waals surface area contributed by atoms with Crippen LogP contribution in [0.3, 0.4) is 0 Å². The van der Waals surface area contributed by atoms with Crippen molar-refractivity contribution in [3.05, 3.63) is 29.8 Å². The van der Waals surface area contributed by atoms with Gasteiger partial charge >= 0.3 is 0 Å². The lowest BCUT2D eigenvalue weighted by Gasteiger charge is -2.33. The number of amidine groups is 1. The number of anilines is 1. The van der Waals surface area contributed by atoms with Crippen LogP contribution in [0.15, 0.2) is 29.3 Å². The number of benzene rings is 1. The minimum atomic E-state index is -0.596. The number of nitrogens with zero attached hydrogens (tertiary/aromatic N) is 2. The summed E-state index contributed by atoms with van der Waals surface area (Å²) in [5.41, 5.74) is 1.42. The van der Waals surface area contributed by atoms with Crippen molar-refractivity contribution >= 4 is 23.3 Å². The van der Waals surface area contributed by atoms with E-state index in [1.807, 2.05) is 36.1 Å². The van der Waals surface area contributed by atoms with Crippen LogP contribution in [-0.2, 0) is 9.59 Å². The molecule has 27 heavy (non-hydrogen) atoms. The van der Waals surface area contributed by atoms with E-state index in [-0.39, 0.29) is 17.7 Å². The summed E-state index contributed by atoms with van der Waals surface area (Å²) < 4.78 is 0. The van der Waals surface area contributed by atoms with Crippen LogP contribution in [0.2, 0.25) is 0 Å². The lowest BCUT2D eigenvalue weighted by Crippen LogP contribution is -2.46. The van der Waals surface area contributed by atoms with Crippen LogP contribution >= 0.6 is 0 Å². The van der Waals surface area contributed by atoms with Crippen molar-refractivity contribution in [2.45, 2.75) is 64.3 Å². The minimum Gasteiger partial charge on any atom is -0.326 e. The molecule has 4 rings (SSSR count). The van der Waals surface area contributed by atoms with E-state index in [1.165, 1.54) is 18.4 Å². The van der Waals surface area contributed by atoms with Gasteiger partial charge in [-0.15, -0.1) is 0 Å². The lowest BCUT2D eigenvalue weighted by atomic mass is 9.76. The fourth-order valence-electron chi connectivity index (χ4n) is 4.30. The Morgan fingerprint density at radius 3 is 2.44 bits per heavy atom. The van der Waals surface area contributed by atoms with Gasteiger partial charge in [-0.25, -0.2) is 0 Å². The van der Waals surface area contributed by atoms with E-state index >= 15 is 0 Å². The molecule has 0 radical (unpaired) electrons. The van der Waals surface area contributed by atoms with Crippen LogP contribution in [0, 0.1) is 18.8 Å². The summed E-state index contributed by atoms with van der Waals surface area (Å²) in [6.07, 6.45) is 6.08. The predicted molar refractivity (Wildman–Crippen MR) is 107 cm³/mol. The van der Waals surface area contributed by atoms with Crippen molar-refractivity contribution in [2.75, 3.05) is 11.9 Å². The second-order valence-corrected chi connectivity index (χ2v) is 8.40. The molecule has 0 saturated heterocycles. The predicted octanol–water partition coefficient (Wildman–Crippen LogP) is 3.92. The van der Waals surface area contributed by atoms with Gasteiger partial charge in [0.1, 0.15) is 11.4 Å². The Morgan fingerprint density at radius 2 is 1.85 bits per heavy atom. The lowest BCUT2D eigenvalue weighted by molar-refractivity contribution is -0.134. The van der Waals surface area contributed by atoms with Gasteiger partial charge in [-0.05, 0) is 63.5 Å². The molecule has 2 saturated carbocycles. The van der Waals surface area contributed by atoms with E-state index in [2.05, 4.69) is 12.2 Å². The molecule has 1 aliphatic heterocycles. The number of aryl methyl sites for hydroxylation is 1. The number of aliphatic imine (C=N–C) groups is 1. The van der Waals surface area contributed by atoms with E-state index in [0.29, 0.717) is 18.8 Å². The highest BCUT2D eigenvalue weighted by Gasteiger charge is 2.50. The molecular weight excluding hydrogens is 338 g/mol. The molecule has 0 atom stereocenters. The highest BCUT2D eigenvalue weighted by molar-refractivity contribution is 6.08. The number of hydrogen-bond donors (Lipinski definition) is 1. The molecule has 1 heterocycles. The Balaban J connectivity index is 1.39. The van der Waals surface area contributed by atoms with Crippen LogP contribution in [-0.4, -0.2) is 34.6 Å². The molecule has 2 fully saturated rings. The smallest absolute Gasteiger partial charge is 0.255 e. The zero-order valence-corrected chi connectivity index (χ0v) is 16.3. The molecule has 2 aliphatic carbocycles. The van der Waals surface area contributed by atoms with E-state index in [1.54, 1.807) is 0 Å². The molecule has 5 nitrogen and oxygen atoms in total. The molecule has 0 unspecified atom stereocenters. The Morgan fingerprint density at radius 1 is 1.19 bits per heavy atom. The first-order chi connectivity index (χ1) is 13.0. The highest BCUT2D eigenvalue weighted by atomic mass is 16.2. The first-order valence-corrected chi connectivity index (χ1v) is 10.3. The molecule has 1 aromatic rings. The standard InChI is InChI=1S/C22H29N3O2/c1-3-19-24-22(21(27)25(19)14-16-6-7-16)12-10-17(11-13-22)20(26)23-18-8-4-15(2)5-9-18/h4-5,8-9,16-17H,3,6-7,10-14H2,1-2H3,(H,23,26). The maximum absolute atomic E-state index is 13.1. The summed E-state index contributed by atoms with van der Waals surface area (Å²) in [6, 6.07) is 7.87. The maximum atomic E-state index is 13.1. The summed E-state index contributed by atoms with van der Waals surface area (Å²) in [7, 11) is 0. The molecule has 0 bridgehead atoms. The summed E-state index contributed by atoms with van der Waals surface area (Å²) in [5, 5.41) is 3.02. The minimum absolute atomic E-state index is 0.0394. The molecule has 1 aromatic carbocycles. The normalized spacial score (nSPS) is 27.8. The largest absolute Gasteiger partial charge is 0.326 e. The maximum Gasteiger partial charge on any atom is 0.255 e. The van der Waals surface area contributed by atoms with Gasteiger partial charge in [0.25, 0.3) is 5.91 Å². The van der Waals surface area contributed by atoms with Gasteiger partial charge in [0.2, 0.25) is 5.91 Å². The van der Waals surface area contributed by atoms with E-state index < -0.39 is 5.54 Å². The zero-order chi connectivity index (χ0) is 19.0. The third-order valence-corrected chi connectivity index (χ3v) is 6.25. The number of hydrogen-bond acceptors (Lipinski definition) is 3. The molecule has 5 heteroatoms. The van der Waals surface area contributed by atoms with Crippen molar-refractivity contribution in [3.63, 3.8) is 0 Å². The van der Waals surface area contributed by atoms with Crippen LogP contribution in [0.4, 0.5) is 5.69 Å². The number of carbonyl (C=O) groups is 2. The number of rotatable bonds is 5. The summed E-state index contributed by atoms with van der Waals surface area (Å²) in [4.78, 5) is 32.6. The highest BCUT2D eigenvalue weighted by Crippen LogP contribution is 2.42. The fraction of sp³-hybridized carbons (Fsp3) is 0.591. The van der Waals surface area contributed by atoms with Gasteiger partial charge in [0.05, 0.1) is 0 Å². The van der Waals surface area contributed by atoms with Crippen molar-refractivity contribution in [3.8, 4) is 0 Å². The number of amides is 2. The van der Waals surface area contributed by atoms with Crippen molar-refractivity contribution in [1.82, 2.24) is 4.90 Å². The second-order valence-electron chi connectivity index (χ2n) is 8.40. The van der Waals surface area contributed by atoms with E-state index in [0.717, 1.165) is 37.3 Å². The van der Waals surface area contributed by atoms with Gasteiger partial charge in [0.15, 0.2) is 0 Å². The third-order valence-electron chi connectivity index (χ3n) is 6.25. The average Bonchev–Trinajstić information content (AvgIpc) is 3.46. The van der Waals surface area contributed by atoms with Crippen LogP contribution in [0.5, 0.6) is 0 Å². The molecular formula is C22H29N3O2. The van der Waals surface area contributed by atoms with Crippen molar-refractivity contribution < 1.29 is 9.59 Å². The fourth-order valence-corrected chi connectivity index (χ4v) is 4.30.